The van der Waals surface area contributed by atoms with Gasteiger partial charge in [-0.15, -0.1) is 0 Å². The van der Waals surface area contributed by atoms with Gasteiger partial charge in [-0.2, -0.15) is 12.6 Å². The fraction of sp³-hybridized carbons (Fsp3) is 0.462. The van der Waals surface area contributed by atoms with Crippen molar-refractivity contribution in [3.8, 4) is 0 Å². The van der Waals surface area contributed by atoms with Crippen LogP contribution in [0.2, 0.25) is 0 Å². The van der Waals surface area contributed by atoms with Gasteiger partial charge >= 0.3 is 0 Å². The van der Waals surface area contributed by atoms with Crippen molar-refractivity contribution >= 4 is 24.2 Å². The van der Waals surface area contributed by atoms with E-state index < -0.39 is 0 Å². The number of nitrogens with zero attached hydrogens (tertiary/aromatic N) is 1. The molecule has 0 saturated carbocycles. The second-order valence-corrected chi connectivity index (χ2v) is 4.94. The molecule has 1 aliphatic rings. The fourth-order valence-electron chi connectivity index (χ4n) is 2.04. The van der Waals surface area contributed by atoms with Crippen LogP contribution in [0.1, 0.15) is 11.1 Å². The van der Waals surface area contributed by atoms with Crippen molar-refractivity contribution in [1.82, 2.24) is 4.90 Å². The molecule has 1 amide bonds. The van der Waals surface area contributed by atoms with Crippen LogP contribution in [-0.2, 0) is 17.6 Å². The molecule has 0 aromatic heterocycles. The Bertz CT molecular complexity index is 420. The molecule has 92 valence electrons. The standard InChI is InChI=1S/C13H18N2OS/c1-15(6-7-17)5-4-10-2-3-12-11(8-10)9-13(16)14-12/h2-3,8,17H,4-7,9H2,1H3,(H,14,16). The van der Waals surface area contributed by atoms with Crippen LogP contribution in [0.3, 0.4) is 0 Å². The molecule has 0 saturated heterocycles. The Morgan fingerprint density at radius 2 is 2.24 bits per heavy atom. The van der Waals surface area contributed by atoms with E-state index in [0.717, 1.165) is 36.5 Å². The largest absolute Gasteiger partial charge is 0.326 e. The molecule has 1 aromatic rings. The molecule has 17 heavy (non-hydrogen) atoms. The third-order valence-corrected chi connectivity index (χ3v) is 3.26. The normalized spacial score (nSPS) is 13.9. The van der Waals surface area contributed by atoms with Gasteiger partial charge in [-0.3, -0.25) is 4.79 Å². The highest BCUT2D eigenvalue weighted by atomic mass is 32.1. The third-order valence-electron chi connectivity index (χ3n) is 3.06. The van der Waals surface area contributed by atoms with Gasteiger partial charge in [0.25, 0.3) is 0 Å². The van der Waals surface area contributed by atoms with E-state index in [0.29, 0.717) is 6.42 Å². The molecule has 1 aromatic carbocycles. The Balaban J connectivity index is 1.95. The molecule has 1 N–H and O–H groups in total. The van der Waals surface area contributed by atoms with Crippen molar-refractivity contribution in [2.24, 2.45) is 0 Å². The quantitative estimate of drug-likeness (QED) is 0.778. The molecule has 4 heteroatoms. The number of nitrogens with one attached hydrogen (secondary N) is 1. The summed E-state index contributed by atoms with van der Waals surface area (Å²) in [5.41, 5.74) is 3.40. The summed E-state index contributed by atoms with van der Waals surface area (Å²) in [6, 6.07) is 6.24. The topological polar surface area (TPSA) is 32.3 Å². The lowest BCUT2D eigenvalue weighted by Gasteiger charge is -2.15. The number of amides is 1. The molecular formula is C13H18N2OS. The maximum absolute atomic E-state index is 11.2. The summed E-state index contributed by atoms with van der Waals surface area (Å²) in [6.07, 6.45) is 1.54. The molecule has 3 nitrogen and oxygen atoms in total. The van der Waals surface area contributed by atoms with Crippen molar-refractivity contribution in [2.75, 3.05) is 31.2 Å². The lowest BCUT2D eigenvalue weighted by Crippen LogP contribution is -2.23. The smallest absolute Gasteiger partial charge is 0.228 e. The van der Waals surface area contributed by atoms with Gasteiger partial charge in [0, 0.05) is 24.5 Å². The van der Waals surface area contributed by atoms with Crippen LogP contribution in [0.25, 0.3) is 0 Å². The van der Waals surface area contributed by atoms with Crippen LogP contribution in [0.5, 0.6) is 0 Å². The van der Waals surface area contributed by atoms with Crippen LogP contribution >= 0.6 is 12.6 Å². The van der Waals surface area contributed by atoms with Gasteiger partial charge in [0.05, 0.1) is 6.42 Å². The average Bonchev–Trinajstić information content (AvgIpc) is 2.66. The lowest BCUT2D eigenvalue weighted by molar-refractivity contribution is -0.115. The second-order valence-electron chi connectivity index (χ2n) is 4.49. The Hall–Kier alpha value is -1.00. The van der Waals surface area contributed by atoms with Gasteiger partial charge in [0.1, 0.15) is 0 Å². The molecule has 0 aliphatic carbocycles. The molecule has 1 heterocycles. The van der Waals surface area contributed by atoms with E-state index in [-0.39, 0.29) is 5.91 Å². The summed E-state index contributed by atoms with van der Waals surface area (Å²) in [5.74, 6) is 0.989. The number of hydrogen-bond acceptors (Lipinski definition) is 3. The number of fused-ring (bicyclic) bond motifs is 1. The van der Waals surface area contributed by atoms with Gasteiger partial charge in [0.2, 0.25) is 5.91 Å². The molecule has 0 spiro atoms. The van der Waals surface area contributed by atoms with E-state index in [1.54, 1.807) is 0 Å². The molecule has 2 rings (SSSR count). The average molecular weight is 250 g/mol. The number of likely N-dealkylation sites (N-methyl/N-ethyl adjacent to an activating group) is 1. The highest BCUT2D eigenvalue weighted by Crippen LogP contribution is 2.23. The zero-order valence-corrected chi connectivity index (χ0v) is 11.0. The van der Waals surface area contributed by atoms with E-state index in [2.05, 4.69) is 42.0 Å². The predicted octanol–water partition coefficient (Wildman–Crippen LogP) is 1.59. The number of hydrogen-bond donors (Lipinski definition) is 2. The van der Waals surface area contributed by atoms with Crippen molar-refractivity contribution in [3.05, 3.63) is 29.3 Å². The zero-order valence-electron chi connectivity index (χ0n) is 10.1. The van der Waals surface area contributed by atoms with Crippen LogP contribution in [0.15, 0.2) is 18.2 Å². The number of thiol groups is 1. The summed E-state index contributed by atoms with van der Waals surface area (Å²) in [4.78, 5) is 13.5. The summed E-state index contributed by atoms with van der Waals surface area (Å²) in [6.45, 7) is 2.04. The minimum atomic E-state index is 0.101. The number of rotatable bonds is 5. The molecule has 0 atom stereocenters. The Kier molecular flexibility index (Phi) is 4.07. The first kappa shape index (κ1) is 12.5. The minimum Gasteiger partial charge on any atom is -0.326 e. The van der Waals surface area contributed by atoms with E-state index in [1.165, 1.54) is 5.56 Å². The highest BCUT2D eigenvalue weighted by Gasteiger charge is 2.17. The summed E-state index contributed by atoms with van der Waals surface area (Å²) in [5, 5.41) is 2.85. The number of carbonyl (C=O) groups is 1. The highest BCUT2D eigenvalue weighted by molar-refractivity contribution is 7.80. The van der Waals surface area contributed by atoms with Crippen LogP contribution in [0.4, 0.5) is 5.69 Å². The first-order valence-electron chi connectivity index (χ1n) is 5.90. The molecular weight excluding hydrogens is 232 g/mol. The maximum Gasteiger partial charge on any atom is 0.228 e. The first-order chi connectivity index (χ1) is 8.19. The predicted molar refractivity (Wildman–Crippen MR) is 73.8 cm³/mol. The van der Waals surface area contributed by atoms with Gasteiger partial charge in [-0.05, 0) is 30.7 Å². The minimum absolute atomic E-state index is 0.101. The monoisotopic (exact) mass is 250 g/mol. The molecule has 0 bridgehead atoms. The van der Waals surface area contributed by atoms with Crippen LogP contribution in [0, 0.1) is 0 Å². The van der Waals surface area contributed by atoms with Gasteiger partial charge < -0.3 is 10.2 Å². The molecule has 0 radical (unpaired) electrons. The lowest BCUT2D eigenvalue weighted by atomic mass is 10.1. The Labute approximate surface area is 108 Å². The van der Waals surface area contributed by atoms with Gasteiger partial charge in [0.15, 0.2) is 0 Å². The molecule has 1 aliphatic heterocycles. The van der Waals surface area contributed by atoms with Crippen molar-refractivity contribution < 1.29 is 4.79 Å². The van der Waals surface area contributed by atoms with Gasteiger partial charge in [-0.1, -0.05) is 12.1 Å². The van der Waals surface area contributed by atoms with Crippen molar-refractivity contribution in [3.63, 3.8) is 0 Å². The van der Waals surface area contributed by atoms with Crippen molar-refractivity contribution in [2.45, 2.75) is 12.8 Å². The van der Waals surface area contributed by atoms with Crippen molar-refractivity contribution in [1.29, 1.82) is 0 Å². The molecule has 0 unspecified atom stereocenters. The Morgan fingerprint density at radius 3 is 3.00 bits per heavy atom. The van der Waals surface area contributed by atoms with E-state index in [1.807, 2.05) is 6.07 Å². The van der Waals surface area contributed by atoms with E-state index in [9.17, 15) is 4.79 Å². The first-order valence-corrected chi connectivity index (χ1v) is 6.53. The summed E-state index contributed by atoms with van der Waals surface area (Å²) >= 11 is 4.22. The zero-order chi connectivity index (χ0) is 12.3. The van der Waals surface area contributed by atoms with Gasteiger partial charge in [-0.25, -0.2) is 0 Å². The van der Waals surface area contributed by atoms with E-state index >= 15 is 0 Å². The number of carbonyl (C=O) groups excluding carboxylic acids is 1. The number of anilines is 1. The van der Waals surface area contributed by atoms with Crippen LogP contribution < -0.4 is 5.32 Å². The molecule has 0 fully saturated rings. The fourth-order valence-corrected chi connectivity index (χ4v) is 2.38. The maximum atomic E-state index is 11.2. The van der Waals surface area contributed by atoms with Crippen LogP contribution in [-0.4, -0.2) is 36.7 Å². The number of benzene rings is 1. The SMILES string of the molecule is CN(CCS)CCc1ccc2c(c1)CC(=O)N2. The Morgan fingerprint density at radius 1 is 1.41 bits per heavy atom. The third kappa shape index (κ3) is 3.23. The van der Waals surface area contributed by atoms with E-state index in [4.69, 9.17) is 0 Å². The summed E-state index contributed by atoms with van der Waals surface area (Å²) < 4.78 is 0. The second kappa shape index (κ2) is 5.56. The summed E-state index contributed by atoms with van der Waals surface area (Å²) in [7, 11) is 2.11.